The first kappa shape index (κ1) is 9.47. The minimum absolute atomic E-state index is 0.0478. The topological polar surface area (TPSA) is 33.0 Å². The van der Waals surface area contributed by atoms with E-state index >= 15 is 0 Å². The van der Waals surface area contributed by atoms with Crippen LogP contribution in [0.25, 0.3) is 0 Å². The fourth-order valence-electron chi connectivity index (χ4n) is 1.89. The summed E-state index contributed by atoms with van der Waals surface area (Å²) >= 11 is 0. The molecule has 2 unspecified atom stereocenters. The molecule has 0 heterocycles. The Morgan fingerprint density at radius 1 is 1.58 bits per heavy atom. The molecule has 1 aliphatic rings. The molecule has 0 aliphatic heterocycles. The van der Waals surface area contributed by atoms with Crippen LogP contribution in [0.15, 0.2) is 0 Å². The van der Waals surface area contributed by atoms with E-state index < -0.39 is 6.67 Å². The van der Waals surface area contributed by atoms with Gasteiger partial charge in [0.05, 0.1) is 24.8 Å². The van der Waals surface area contributed by atoms with Crippen molar-refractivity contribution >= 4 is 0 Å². The number of methoxy groups -OCH3 is 1. The zero-order chi connectivity index (χ0) is 8.97. The summed E-state index contributed by atoms with van der Waals surface area (Å²) in [6.07, 6.45) is 2.65. The molecule has 68 valence electrons. The average molecular weight is 171 g/mol. The van der Waals surface area contributed by atoms with Crippen molar-refractivity contribution in [3.05, 3.63) is 0 Å². The van der Waals surface area contributed by atoms with Crippen LogP contribution in [0.4, 0.5) is 4.39 Å². The summed E-state index contributed by atoms with van der Waals surface area (Å²) < 4.78 is 17.7. The normalized spacial score (nSPS) is 35.9. The van der Waals surface area contributed by atoms with Crippen LogP contribution in [0, 0.1) is 23.2 Å². The van der Waals surface area contributed by atoms with Gasteiger partial charge in [-0.2, -0.15) is 5.26 Å². The average Bonchev–Trinajstić information content (AvgIpc) is 2.16. The summed E-state index contributed by atoms with van der Waals surface area (Å²) in [5.74, 6) is -0.345. The van der Waals surface area contributed by atoms with Gasteiger partial charge in [-0.05, 0) is 19.3 Å². The second-order valence-electron chi connectivity index (χ2n) is 3.26. The Labute approximate surface area is 72.3 Å². The first-order chi connectivity index (χ1) is 5.83. The van der Waals surface area contributed by atoms with Crippen molar-refractivity contribution in [1.29, 1.82) is 5.26 Å². The molecule has 0 N–H and O–H groups in total. The minimum Gasteiger partial charge on any atom is -0.381 e. The lowest BCUT2D eigenvalue weighted by Crippen LogP contribution is -2.34. The Kier molecular flexibility index (Phi) is 3.48. The highest BCUT2D eigenvalue weighted by atomic mass is 19.1. The van der Waals surface area contributed by atoms with Crippen molar-refractivity contribution in [2.45, 2.75) is 25.4 Å². The highest BCUT2D eigenvalue weighted by Crippen LogP contribution is 2.31. The van der Waals surface area contributed by atoms with E-state index in [1.54, 1.807) is 7.11 Å². The van der Waals surface area contributed by atoms with Gasteiger partial charge in [-0.1, -0.05) is 0 Å². The van der Waals surface area contributed by atoms with Crippen LogP contribution < -0.4 is 0 Å². The van der Waals surface area contributed by atoms with Crippen molar-refractivity contribution in [1.82, 2.24) is 0 Å². The summed E-state index contributed by atoms with van der Waals surface area (Å²) in [5, 5.41) is 8.73. The molecule has 0 aromatic carbocycles. The number of rotatable bonds is 2. The molecule has 0 amide bonds. The summed E-state index contributed by atoms with van der Waals surface area (Å²) in [5.41, 5.74) is 0. The fraction of sp³-hybridized carbons (Fsp3) is 0.889. The van der Waals surface area contributed by atoms with Crippen molar-refractivity contribution in [3.8, 4) is 6.07 Å². The molecule has 0 saturated heterocycles. The van der Waals surface area contributed by atoms with Gasteiger partial charge in [-0.25, -0.2) is 0 Å². The molecule has 0 aromatic heterocycles. The Balaban J connectivity index is 2.60. The first-order valence-corrected chi connectivity index (χ1v) is 4.31. The molecule has 1 aliphatic carbocycles. The third-order valence-electron chi connectivity index (χ3n) is 2.64. The summed E-state index contributed by atoms with van der Waals surface area (Å²) in [4.78, 5) is 0. The van der Waals surface area contributed by atoms with Gasteiger partial charge >= 0.3 is 0 Å². The maximum absolute atomic E-state index is 12.5. The van der Waals surface area contributed by atoms with Crippen LogP contribution in [0.2, 0.25) is 0 Å². The van der Waals surface area contributed by atoms with E-state index in [-0.39, 0.29) is 17.9 Å². The zero-order valence-corrected chi connectivity index (χ0v) is 7.29. The number of halogens is 1. The largest absolute Gasteiger partial charge is 0.381 e. The van der Waals surface area contributed by atoms with E-state index in [2.05, 4.69) is 6.07 Å². The van der Waals surface area contributed by atoms with E-state index in [1.165, 1.54) is 0 Å². The highest BCUT2D eigenvalue weighted by Gasteiger charge is 2.33. The van der Waals surface area contributed by atoms with Gasteiger partial charge in [-0.3, -0.25) is 4.39 Å². The van der Waals surface area contributed by atoms with Crippen LogP contribution >= 0.6 is 0 Å². The Morgan fingerprint density at radius 3 is 2.83 bits per heavy atom. The highest BCUT2D eigenvalue weighted by molar-refractivity contribution is 4.94. The lowest BCUT2D eigenvalue weighted by atomic mass is 9.79. The van der Waals surface area contributed by atoms with Gasteiger partial charge in [0.15, 0.2) is 0 Å². The van der Waals surface area contributed by atoms with Crippen LogP contribution in [-0.2, 0) is 4.74 Å². The zero-order valence-electron chi connectivity index (χ0n) is 7.29. The third-order valence-corrected chi connectivity index (χ3v) is 2.64. The molecular weight excluding hydrogens is 157 g/mol. The maximum atomic E-state index is 12.5. The summed E-state index contributed by atoms with van der Waals surface area (Å²) in [6, 6.07) is 2.15. The lowest BCUT2D eigenvalue weighted by molar-refractivity contribution is -0.00192. The molecule has 0 spiro atoms. The van der Waals surface area contributed by atoms with Gasteiger partial charge in [0.25, 0.3) is 0 Å². The molecule has 2 nitrogen and oxygen atoms in total. The van der Waals surface area contributed by atoms with Gasteiger partial charge in [0.1, 0.15) is 0 Å². The number of ether oxygens (including phenoxy) is 1. The molecule has 0 radical (unpaired) electrons. The van der Waals surface area contributed by atoms with Crippen molar-refractivity contribution in [3.63, 3.8) is 0 Å². The molecule has 1 rings (SSSR count). The molecular formula is C9H14FNO. The van der Waals surface area contributed by atoms with Crippen LogP contribution in [-0.4, -0.2) is 19.9 Å². The van der Waals surface area contributed by atoms with E-state index in [0.717, 1.165) is 19.3 Å². The fourth-order valence-corrected chi connectivity index (χ4v) is 1.89. The van der Waals surface area contributed by atoms with E-state index in [0.29, 0.717) is 0 Å². The van der Waals surface area contributed by atoms with Crippen molar-refractivity contribution in [2.24, 2.45) is 11.8 Å². The van der Waals surface area contributed by atoms with Crippen LogP contribution in [0.1, 0.15) is 19.3 Å². The number of hydrogen-bond donors (Lipinski definition) is 0. The second-order valence-corrected chi connectivity index (χ2v) is 3.26. The quantitative estimate of drug-likeness (QED) is 0.635. The molecule has 1 saturated carbocycles. The predicted octanol–water partition coefficient (Wildman–Crippen LogP) is 1.91. The number of nitriles is 1. The van der Waals surface area contributed by atoms with Crippen molar-refractivity contribution < 1.29 is 9.13 Å². The van der Waals surface area contributed by atoms with Crippen LogP contribution in [0.5, 0.6) is 0 Å². The standard InChI is InChI=1S/C9H14FNO/c1-12-9-4-2-3-7(6-11)8(9)5-10/h7-9H,2-5H2,1H3/t7-,8?,9?/m1/s1. The first-order valence-electron chi connectivity index (χ1n) is 4.31. The number of nitrogens with zero attached hydrogens (tertiary/aromatic N) is 1. The Hall–Kier alpha value is -0.620. The van der Waals surface area contributed by atoms with E-state index in [1.807, 2.05) is 0 Å². The summed E-state index contributed by atoms with van der Waals surface area (Å²) in [7, 11) is 1.59. The lowest BCUT2D eigenvalue weighted by Gasteiger charge is -2.31. The van der Waals surface area contributed by atoms with Gasteiger partial charge in [-0.15, -0.1) is 0 Å². The molecule has 0 aromatic rings. The predicted molar refractivity (Wildman–Crippen MR) is 43.2 cm³/mol. The molecule has 0 bridgehead atoms. The van der Waals surface area contributed by atoms with Gasteiger partial charge in [0, 0.05) is 13.0 Å². The Bertz CT molecular complexity index is 178. The monoisotopic (exact) mass is 171 g/mol. The number of alkyl halides is 1. The Morgan fingerprint density at radius 2 is 2.33 bits per heavy atom. The maximum Gasteiger partial charge on any atom is 0.0960 e. The minimum atomic E-state index is -0.434. The SMILES string of the molecule is COC1CCC[C@H](C#N)C1CF. The van der Waals surface area contributed by atoms with Gasteiger partial charge < -0.3 is 4.74 Å². The molecule has 3 atom stereocenters. The second kappa shape index (κ2) is 4.42. The molecule has 3 heteroatoms. The summed E-state index contributed by atoms with van der Waals surface area (Å²) in [6.45, 7) is -0.434. The van der Waals surface area contributed by atoms with E-state index in [4.69, 9.17) is 10.00 Å². The van der Waals surface area contributed by atoms with Crippen LogP contribution in [0.3, 0.4) is 0 Å². The molecule has 1 fully saturated rings. The smallest absolute Gasteiger partial charge is 0.0960 e. The third kappa shape index (κ3) is 1.75. The van der Waals surface area contributed by atoms with Gasteiger partial charge in [0.2, 0.25) is 0 Å². The molecule has 12 heavy (non-hydrogen) atoms. The van der Waals surface area contributed by atoms with Crippen molar-refractivity contribution in [2.75, 3.05) is 13.8 Å². The van der Waals surface area contributed by atoms with E-state index in [9.17, 15) is 4.39 Å². The number of hydrogen-bond acceptors (Lipinski definition) is 2.